The van der Waals surface area contributed by atoms with Crippen LogP contribution in [0, 0.1) is 20.8 Å². The van der Waals surface area contributed by atoms with E-state index in [2.05, 4.69) is 65.9 Å². The van der Waals surface area contributed by atoms with Crippen LogP contribution in [0.25, 0.3) is 0 Å². The number of benzene rings is 1. The molecule has 4 heteroatoms. The third-order valence-electron chi connectivity index (χ3n) is 5.98. The molecular weight excluding hydrogens is 346 g/mol. The number of carbonyl (C=O) groups is 1. The molecule has 2 aromatic rings. The highest BCUT2D eigenvalue weighted by Crippen LogP contribution is 2.18. The second-order valence-electron chi connectivity index (χ2n) is 8.38. The number of nitrogens with zero attached hydrogens (tertiary/aromatic N) is 2. The summed E-state index contributed by atoms with van der Waals surface area (Å²) >= 11 is 0. The van der Waals surface area contributed by atoms with Gasteiger partial charge in [0.05, 0.1) is 0 Å². The molecule has 0 aliphatic carbocycles. The van der Waals surface area contributed by atoms with E-state index in [-0.39, 0.29) is 5.91 Å². The van der Waals surface area contributed by atoms with Crippen molar-refractivity contribution >= 4 is 5.91 Å². The van der Waals surface area contributed by atoms with E-state index in [9.17, 15) is 4.79 Å². The SMILES string of the molecule is Cc1cccc(Cn2c(C)cc(C)c2C(=O)NCCCN2CCCC[C@H]2C)c1. The Morgan fingerprint density at radius 1 is 1.18 bits per heavy atom. The van der Waals surface area contributed by atoms with Crippen molar-refractivity contribution in [3.05, 3.63) is 58.4 Å². The molecule has 1 amide bonds. The fourth-order valence-corrected chi connectivity index (χ4v) is 4.40. The van der Waals surface area contributed by atoms with Crippen LogP contribution in [-0.2, 0) is 6.54 Å². The first-order chi connectivity index (χ1) is 13.5. The quantitative estimate of drug-likeness (QED) is 0.719. The summed E-state index contributed by atoms with van der Waals surface area (Å²) in [6.07, 6.45) is 4.97. The Morgan fingerprint density at radius 3 is 2.75 bits per heavy atom. The summed E-state index contributed by atoms with van der Waals surface area (Å²) in [6, 6.07) is 11.3. The van der Waals surface area contributed by atoms with Gasteiger partial charge in [-0.25, -0.2) is 0 Å². The summed E-state index contributed by atoms with van der Waals surface area (Å²) in [5.74, 6) is 0.0462. The lowest BCUT2D eigenvalue weighted by Gasteiger charge is -2.33. The molecule has 0 unspecified atom stereocenters. The zero-order valence-corrected chi connectivity index (χ0v) is 17.9. The zero-order chi connectivity index (χ0) is 20.1. The van der Waals surface area contributed by atoms with Gasteiger partial charge in [0.1, 0.15) is 5.69 Å². The molecule has 1 saturated heterocycles. The van der Waals surface area contributed by atoms with Gasteiger partial charge in [0.2, 0.25) is 0 Å². The van der Waals surface area contributed by atoms with Crippen LogP contribution < -0.4 is 5.32 Å². The third kappa shape index (κ3) is 5.05. The van der Waals surface area contributed by atoms with E-state index < -0.39 is 0 Å². The van der Waals surface area contributed by atoms with Crippen LogP contribution in [-0.4, -0.2) is 41.1 Å². The molecule has 1 N–H and O–H groups in total. The Balaban J connectivity index is 1.60. The minimum atomic E-state index is 0.0462. The molecule has 1 aromatic carbocycles. The minimum absolute atomic E-state index is 0.0462. The standard InChI is InChI=1S/C24H35N3O/c1-18-9-7-11-22(15-18)17-27-21(4)16-19(2)23(27)24(28)25-12-8-14-26-13-6-5-10-20(26)3/h7,9,11,15-16,20H,5-6,8,10,12-14,17H2,1-4H3,(H,25,28)/t20-/m1/s1. The van der Waals surface area contributed by atoms with E-state index in [0.29, 0.717) is 6.04 Å². The van der Waals surface area contributed by atoms with Crippen LogP contribution in [0.15, 0.2) is 30.3 Å². The van der Waals surface area contributed by atoms with E-state index >= 15 is 0 Å². The highest BCUT2D eigenvalue weighted by Gasteiger charge is 2.19. The number of hydrogen-bond acceptors (Lipinski definition) is 2. The molecule has 3 rings (SSSR count). The minimum Gasteiger partial charge on any atom is -0.351 e. The Bertz CT molecular complexity index is 808. The topological polar surface area (TPSA) is 37.3 Å². The van der Waals surface area contributed by atoms with Crippen molar-refractivity contribution in [3.63, 3.8) is 0 Å². The molecule has 152 valence electrons. The van der Waals surface area contributed by atoms with E-state index in [1.807, 2.05) is 6.92 Å². The Hall–Kier alpha value is -2.07. The summed E-state index contributed by atoms with van der Waals surface area (Å²) in [6.45, 7) is 12.3. The first kappa shape index (κ1) is 20.7. The van der Waals surface area contributed by atoms with Crippen LogP contribution in [0.5, 0.6) is 0 Å². The van der Waals surface area contributed by atoms with E-state index in [1.54, 1.807) is 0 Å². The Morgan fingerprint density at radius 2 is 2.00 bits per heavy atom. The second kappa shape index (κ2) is 9.42. The normalized spacial score (nSPS) is 17.6. The molecule has 1 aliphatic rings. The first-order valence-corrected chi connectivity index (χ1v) is 10.7. The van der Waals surface area contributed by atoms with Crippen molar-refractivity contribution < 1.29 is 4.79 Å². The summed E-state index contributed by atoms with van der Waals surface area (Å²) in [4.78, 5) is 15.5. The molecule has 28 heavy (non-hydrogen) atoms. The molecule has 1 aromatic heterocycles. The molecule has 1 atom stereocenters. The maximum absolute atomic E-state index is 12.9. The smallest absolute Gasteiger partial charge is 0.268 e. The van der Waals surface area contributed by atoms with Gasteiger partial charge in [-0.3, -0.25) is 4.79 Å². The zero-order valence-electron chi connectivity index (χ0n) is 17.9. The number of nitrogens with one attached hydrogen (secondary N) is 1. The van der Waals surface area contributed by atoms with Gasteiger partial charge in [-0.15, -0.1) is 0 Å². The number of carbonyl (C=O) groups excluding carboxylic acids is 1. The second-order valence-corrected chi connectivity index (χ2v) is 8.38. The van der Waals surface area contributed by atoms with Gasteiger partial charge >= 0.3 is 0 Å². The van der Waals surface area contributed by atoms with Crippen LogP contribution in [0.3, 0.4) is 0 Å². The number of piperidine rings is 1. The van der Waals surface area contributed by atoms with Gasteiger partial charge in [0.15, 0.2) is 0 Å². The maximum Gasteiger partial charge on any atom is 0.268 e. The number of rotatable bonds is 7. The van der Waals surface area contributed by atoms with Gasteiger partial charge in [-0.2, -0.15) is 0 Å². The van der Waals surface area contributed by atoms with Crippen LogP contribution in [0.1, 0.15) is 65.5 Å². The monoisotopic (exact) mass is 381 g/mol. The lowest BCUT2D eigenvalue weighted by molar-refractivity contribution is 0.0939. The highest BCUT2D eigenvalue weighted by molar-refractivity contribution is 5.94. The number of aromatic nitrogens is 1. The van der Waals surface area contributed by atoms with Crippen molar-refractivity contribution in [1.82, 2.24) is 14.8 Å². The Labute approximate surface area is 169 Å². The van der Waals surface area contributed by atoms with Gasteiger partial charge in [-0.05, 0) is 70.7 Å². The predicted molar refractivity (Wildman–Crippen MR) is 116 cm³/mol. The van der Waals surface area contributed by atoms with E-state index in [0.717, 1.165) is 43.0 Å². The van der Waals surface area contributed by atoms with E-state index in [1.165, 1.54) is 36.9 Å². The average Bonchev–Trinajstić information content (AvgIpc) is 2.93. The molecule has 0 spiro atoms. The van der Waals surface area contributed by atoms with Crippen molar-refractivity contribution in [2.45, 2.75) is 66.0 Å². The number of likely N-dealkylation sites (tertiary alicyclic amines) is 1. The molecule has 1 aliphatic heterocycles. The van der Waals surface area contributed by atoms with Crippen molar-refractivity contribution in [2.24, 2.45) is 0 Å². The predicted octanol–water partition coefficient (Wildman–Crippen LogP) is 4.46. The molecule has 0 saturated carbocycles. The molecule has 2 heterocycles. The number of hydrogen-bond donors (Lipinski definition) is 1. The summed E-state index contributed by atoms with van der Waals surface area (Å²) in [7, 11) is 0. The lowest BCUT2D eigenvalue weighted by atomic mass is 10.0. The molecule has 0 radical (unpaired) electrons. The fraction of sp³-hybridized carbons (Fsp3) is 0.542. The molecule has 0 bridgehead atoms. The van der Waals surface area contributed by atoms with Gasteiger partial charge < -0.3 is 14.8 Å². The Kier molecular flexibility index (Phi) is 6.95. The third-order valence-corrected chi connectivity index (χ3v) is 5.98. The first-order valence-electron chi connectivity index (χ1n) is 10.7. The summed E-state index contributed by atoms with van der Waals surface area (Å²) in [5, 5.41) is 3.16. The van der Waals surface area contributed by atoms with Gasteiger partial charge in [0, 0.05) is 31.4 Å². The molecular formula is C24H35N3O. The molecule has 1 fully saturated rings. The lowest BCUT2D eigenvalue weighted by Crippen LogP contribution is -2.39. The summed E-state index contributed by atoms with van der Waals surface area (Å²) < 4.78 is 2.14. The van der Waals surface area contributed by atoms with Crippen LogP contribution >= 0.6 is 0 Å². The van der Waals surface area contributed by atoms with Crippen molar-refractivity contribution in [2.75, 3.05) is 19.6 Å². The van der Waals surface area contributed by atoms with Gasteiger partial charge in [-0.1, -0.05) is 36.2 Å². The highest BCUT2D eigenvalue weighted by atomic mass is 16.1. The fourth-order valence-electron chi connectivity index (χ4n) is 4.40. The largest absolute Gasteiger partial charge is 0.351 e. The van der Waals surface area contributed by atoms with Crippen LogP contribution in [0.2, 0.25) is 0 Å². The summed E-state index contributed by atoms with van der Waals surface area (Å²) in [5.41, 5.74) is 5.45. The number of amides is 1. The maximum atomic E-state index is 12.9. The van der Waals surface area contributed by atoms with Crippen molar-refractivity contribution in [1.29, 1.82) is 0 Å². The van der Waals surface area contributed by atoms with Gasteiger partial charge in [0.25, 0.3) is 5.91 Å². The van der Waals surface area contributed by atoms with E-state index in [4.69, 9.17) is 0 Å². The molecule has 4 nitrogen and oxygen atoms in total. The number of aryl methyl sites for hydroxylation is 3. The van der Waals surface area contributed by atoms with Crippen LogP contribution in [0.4, 0.5) is 0 Å². The average molecular weight is 382 g/mol. The van der Waals surface area contributed by atoms with Crippen molar-refractivity contribution in [3.8, 4) is 0 Å².